The number of nitrogen functional groups attached to an aromatic ring is 1. The Morgan fingerprint density at radius 3 is 2.61 bits per heavy atom. The molecule has 0 saturated carbocycles. The van der Waals surface area contributed by atoms with Crippen LogP contribution in [0.1, 0.15) is 17.3 Å². The molecule has 1 aliphatic heterocycles. The molecule has 2 rings (SSSR count). The van der Waals surface area contributed by atoms with Gasteiger partial charge in [0, 0.05) is 36.3 Å². The minimum Gasteiger partial charge on any atom is -0.399 e. The Hall–Kier alpha value is -1.07. The maximum absolute atomic E-state index is 12.4. The topological polar surface area (TPSA) is 49.6 Å². The average molecular weight is 312 g/mol. The van der Waals surface area contributed by atoms with Gasteiger partial charge in [0.1, 0.15) is 0 Å². The van der Waals surface area contributed by atoms with E-state index < -0.39 is 0 Å². The zero-order chi connectivity index (χ0) is 13.1. The van der Waals surface area contributed by atoms with Gasteiger partial charge in [-0.2, -0.15) is 0 Å². The standard InChI is InChI=1S/C13H18BrN3O/c1-2-16-5-7-17(8-6-16)13(18)11-9-10(15)3-4-12(11)14/h3-4,9H,2,5-8,15H2,1H3. The van der Waals surface area contributed by atoms with Gasteiger partial charge in [0.15, 0.2) is 0 Å². The van der Waals surface area contributed by atoms with E-state index in [1.165, 1.54) is 0 Å². The molecule has 0 aliphatic carbocycles. The second kappa shape index (κ2) is 5.71. The number of hydrogen-bond acceptors (Lipinski definition) is 3. The molecule has 98 valence electrons. The monoisotopic (exact) mass is 311 g/mol. The first kappa shape index (κ1) is 13.4. The Bertz CT molecular complexity index is 442. The lowest BCUT2D eigenvalue weighted by molar-refractivity contribution is 0.0642. The summed E-state index contributed by atoms with van der Waals surface area (Å²) in [7, 11) is 0. The Morgan fingerprint density at radius 2 is 2.00 bits per heavy atom. The van der Waals surface area contributed by atoms with Crippen molar-refractivity contribution in [1.82, 2.24) is 9.80 Å². The summed E-state index contributed by atoms with van der Waals surface area (Å²) in [5.41, 5.74) is 7.01. The van der Waals surface area contributed by atoms with Gasteiger partial charge in [0.25, 0.3) is 5.91 Å². The number of likely N-dealkylation sites (N-methyl/N-ethyl adjacent to an activating group) is 1. The summed E-state index contributed by atoms with van der Waals surface area (Å²) in [6.07, 6.45) is 0. The molecule has 5 heteroatoms. The van der Waals surface area contributed by atoms with Gasteiger partial charge in [0.05, 0.1) is 5.56 Å². The predicted octanol–water partition coefficient (Wildman–Crippen LogP) is 1.81. The SMILES string of the molecule is CCN1CCN(C(=O)c2cc(N)ccc2Br)CC1. The fourth-order valence-corrected chi connectivity index (χ4v) is 2.56. The Labute approximate surface area is 116 Å². The second-order valence-corrected chi connectivity index (χ2v) is 5.32. The number of nitrogens with zero attached hydrogens (tertiary/aromatic N) is 2. The number of rotatable bonds is 2. The molecule has 1 aromatic carbocycles. The van der Waals surface area contributed by atoms with Gasteiger partial charge in [-0.3, -0.25) is 4.79 Å². The molecule has 0 atom stereocenters. The number of hydrogen-bond donors (Lipinski definition) is 1. The lowest BCUT2D eigenvalue weighted by Crippen LogP contribution is -2.48. The van der Waals surface area contributed by atoms with Crippen molar-refractivity contribution in [3.8, 4) is 0 Å². The number of anilines is 1. The lowest BCUT2D eigenvalue weighted by Gasteiger charge is -2.34. The van der Waals surface area contributed by atoms with Crippen molar-refractivity contribution < 1.29 is 4.79 Å². The van der Waals surface area contributed by atoms with Crippen molar-refractivity contribution in [2.75, 3.05) is 38.5 Å². The first-order valence-corrected chi connectivity index (χ1v) is 6.97. The van der Waals surface area contributed by atoms with Crippen LogP contribution in [-0.4, -0.2) is 48.4 Å². The number of halogens is 1. The molecule has 1 aromatic rings. The Morgan fingerprint density at radius 1 is 1.33 bits per heavy atom. The third-order valence-electron chi connectivity index (χ3n) is 3.33. The van der Waals surface area contributed by atoms with Crippen LogP contribution in [-0.2, 0) is 0 Å². The average Bonchev–Trinajstić information content (AvgIpc) is 2.41. The molecule has 0 aromatic heterocycles. The number of piperazine rings is 1. The van der Waals surface area contributed by atoms with Crippen LogP contribution in [0.3, 0.4) is 0 Å². The molecular formula is C13H18BrN3O. The van der Waals surface area contributed by atoms with Gasteiger partial charge >= 0.3 is 0 Å². The summed E-state index contributed by atoms with van der Waals surface area (Å²) in [6.45, 7) is 6.65. The molecule has 18 heavy (non-hydrogen) atoms. The van der Waals surface area contributed by atoms with Crippen molar-refractivity contribution >= 4 is 27.5 Å². The normalized spacial score (nSPS) is 16.9. The van der Waals surface area contributed by atoms with E-state index in [1.807, 2.05) is 11.0 Å². The summed E-state index contributed by atoms with van der Waals surface area (Å²) < 4.78 is 0.805. The zero-order valence-electron chi connectivity index (χ0n) is 10.5. The van der Waals surface area contributed by atoms with Gasteiger partial charge < -0.3 is 15.5 Å². The number of nitrogens with two attached hydrogens (primary N) is 1. The third-order valence-corrected chi connectivity index (χ3v) is 4.02. The van der Waals surface area contributed by atoms with Crippen LogP contribution in [0.15, 0.2) is 22.7 Å². The van der Waals surface area contributed by atoms with Crippen molar-refractivity contribution in [3.05, 3.63) is 28.2 Å². The lowest BCUT2D eigenvalue weighted by atomic mass is 10.1. The van der Waals surface area contributed by atoms with Gasteiger partial charge in [-0.25, -0.2) is 0 Å². The number of carbonyl (C=O) groups is 1. The summed E-state index contributed by atoms with van der Waals surface area (Å²) in [5.74, 6) is 0.0601. The molecule has 1 saturated heterocycles. The molecule has 0 bridgehead atoms. The van der Waals surface area contributed by atoms with E-state index in [0.29, 0.717) is 11.3 Å². The van der Waals surface area contributed by atoms with E-state index in [4.69, 9.17) is 5.73 Å². The molecule has 0 radical (unpaired) electrons. The summed E-state index contributed by atoms with van der Waals surface area (Å²) >= 11 is 3.41. The van der Waals surface area contributed by atoms with E-state index in [9.17, 15) is 4.79 Å². The summed E-state index contributed by atoms with van der Waals surface area (Å²) in [6, 6.07) is 5.35. The molecule has 0 unspecified atom stereocenters. The first-order chi connectivity index (χ1) is 8.61. The number of carbonyl (C=O) groups excluding carboxylic acids is 1. The first-order valence-electron chi connectivity index (χ1n) is 6.18. The van der Waals surface area contributed by atoms with E-state index >= 15 is 0 Å². The minimum atomic E-state index is 0.0601. The van der Waals surface area contributed by atoms with Crippen molar-refractivity contribution in [3.63, 3.8) is 0 Å². The van der Waals surface area contributed by atoms with Crippen LogP contribution in [0.4, 0.5) is 5.69 Å². The van der Waals surface area contributed by atoms with E-state index in [1.54, 1.807) is 12.1 Å². The minimum absolute atomic E-state index is 0.0601. The molecule has 1 heterocycles. The number of benzene rings is 1. The highest BCUT2D eigenvalue weighted by atomic mass is 79.9. The molecule has 4 nitrogen and oxygen atoms in total. The summed E-state index contributed by atoms with van der Waals surface area (Å²) in [4.78, 5) is 16.6. The molecule has 2 N–H and O–H groups in total. The third kappa shape index (κ3) is 2.84. The van der Waals surface area contributed by atoms with Crippen LogP contribution in [0.25, 0.3) is 0 Å². The van der Waals surface area contributed by atoms with Crippen LogP contribution in [0.5, 0.6) is 0 Å². The maximum Gasteiger partial charge on any atom is 0.255 e. The van der Waals surface area contributed by atoms with Crippen LogP contribution >= 0.6 is 15.9 Å². The Balaban J connectivity index is 2.10. The quantitative estimate of drug-likeness (QED) is 0.847. The van der Waals surface area contributed by atoms with Gasteiger partial charge in [-0.1, -0.05) is 6.92 Å². The van der Waals surface area contributed by atoms with E-state index in [0.717, 1.165) is 37.2 Å². The van der Waals surface area contributed by atoms with Crippen molar-refractivity contribution in [2.24, 2.45) is 0 Å². The fourth-order valence-electron chi connectivity index (χ4n) is 2.14. The largest absolute Gasteiger partial charge is 0.399 e. The molecule has 1 aliphatic rings. The molecular weight excluding hydrogens is 294 g/mol. The highest BCUT2D eigenvalue weighted by Gasteiger charge is 2.22. The zero-order valence-corrected chi connectivity index (χ0v) is 12.1. The van der Waals surface area contributed by atoms with Gasteiger partial charge in [-0.05, 0) is 40.7 Å². The molecule has 0 spiro atoms. The highest BCUT2D eigenvalue weighted by Crippen LogP contribution is 2.21. The van der Waals surface area contributed by atoms with Crippen LogP contribution in [0, 0.1) is 0 Å². The van der Waals surface area contributed by atoms with Gasteiger partial charge in [0.2, 0.25) is 0 Å². The van der Waals surface area contributed by atoms with Crippen LogP contribution < -0.4 is 5.73 Å². The second-order valence-electron chi connectivity index (χ2n) is 4.47. The van der Waals surface area contributed by atoms with Crippen molar-refractivity contribution in [2.45, 2.75) is 6.92 Å². The van der Waals surface area contributed by atoms with E-state index in [2.05, 4.69) is 27.8 Å². The number of amides is 1. The predicted molar refractivity (Wildman–Crippen MR) is 76.6 cm³/mol. The Kier molecular flexibility index (Phi) is 4.24. The smallest absolute Gasteiger partial charge is 0.255 e. The van der Waals surface area contributed by atoms with Crippen molar-refractivity contribution in [1.29, 1.82) is 0 Å². The van der Waals surface area contributed by atoms with E-state index in [-0.39, 0.29) is 5.91 Å². The molecule has 1 amide bonds. The molecule has 1 fully saturated rings. The summed E-state index contributed by atoms with van der Waals surface area (Å²) in [5, 5.41) is 0. The maximum atomic E-state index is 12.4. The van der Waals surface area contributed by atoms with Crippen LogP contribution in [0.2, 0.25) is 0 Å². The highest BCUT2D eigenvalue weighted by molar-refractivity contribution is 9.10. The van der Waals surface area contributed by atoms with Gasteiger partial charge in [-0.15, -0.1) is 0 Å². The fraction of sp³-hybridized carbons (Fsp3) is 0.462.